The number of hydrogen-bond donors (Lipinski definition) is 1. The number of anilines is 1. The maximum absolute atomic E-state index is 11.6. The van der Waals surface area contributed by atoms with Crippen molar-refractivity contribution in [3.05, 3.63) is 11.8 Å². The van der Waals surface area contributed by atoms with Crippen LogP contribution in [-0.2, 0) is 4.79 Å². The molecule has 0 radical (unpaired) electrons. The van der Waals surface area contributed by atoms with E-state index in [4.69, 9.17) is 4.74 Å². The van der Waals surface area contributed by atoms with Crippen molar-refractivity contribution in [1.82, 2.24) is 9.97 Å². The molecular formula is C14H21N3O3. The van der Waals surface area contributed by atoms with Crippen LogP contribution >= 0.6 is 0 Å². The highest BCUT2D eigenvalue weighted by Gasteiger charge is 2.48. The van der Waals surface area contributed by atoms with Crippen LogP contribution in [0.5, 0.6) is 5.88 Å². The van der Waals surface area contributed by atoms with Crippen molar-refractivity contribution in [3.63, 3.8) is 0 Å². The summed E-state index contributed by atoms with van der Waals surface area (Å²) < 4.78 is 5.15. The fourth-order valence-electron chi connectivity index (χ4n) is 2.67. The minimum absolute atomic E-state index is 0.0664. The van der Waals surface area contributed by atoms with Gasteiger partial charge in [-0.1, -0.05) is 13.8 Å². The zero-order valence-corrected chi connectivity index (χ0v) is 12.4. The number of aliphatic carboxylic acids is 1. The monoisotopic (exact) mass is 279 g/mol. The summed E-state index contributed by atoms with van der Waals surface area (Å²) in [5.74, 6) is 0.377. The lowest BCUT2D eigenvalue weighted by Gasteiger charge is -2.28. The van der Waals surface area contributed by atoms with E-state index in [-0.39, 0.29) is 5.92 Å². The summed E-state index contributed by atoms with van der Waals surface area (Å²) >= 11 is 0. The van der Waals surface area contributed by atoms with Crippen molar-refractivity contribution in [3.8, 4) is 5.88 Å². The third-order valence-corrected chi connectivity index (χ3v) is 4.14. The van der Waals surface area contributed by atoms with Crippen LogP contribution in [0.25, 0.3) is 0 Å². The summed E-state index contributed by atoms with van der Waals surface area (Å²) in [6, 6.07) is 1.76. The smallest absolute Gasteiger partial charge is 0.311 e. The number of aryl methyl sites for hydroxylation is 1. The predicted molar refractivity (Wildman–Crippen MR) is 75.1 cm³/mol. The zero-order chi connectivity index (χ0) is 14.9. The number of nitrogens with zero attached hydrogens (tertiary/aromatic N) is 3. The van der Waals surface area contributed by atoms with E-state index < -0.39 is 11.4 Å². The normalized spacial score (nSPS) is 22.4. The maximum atomic E-state index is 11.6. The van der Waals surface area contributed by atoms with Crippen LogP contribution in [0.3, 0.4) is 0 Å². The second-order valence-corrected chi connectivity index (χ2v) is 5.64. The van der Waals surface area contributed by atoms with Crippen LogP contribution in [0.4, 0.5) is 5.95 Å². The third kappa shape index (κ3) is 2.42. The van der Waals surface area contributed by atoms with E-state index >= 15 is 0 Å². The van der Waals surface area contributed by atoms with E-state index in [0.29, 0.717) is 31.3 Å². The van der Waals surface area contributed by atoms with Crippen molar-refractivity contribution in [1.29, 1.82) is 0 Å². The number of methoxy groups -OCH3 is 1. The van der Waals surface area contributed by atoms with Gasteiger partial charge in [0.2, 0.25) is 11.8 Å². The molecule has 1 unspecified atom stereocenters. The molecule has 2 heterocycles. The first kappa shape index (κ1) is 14.6. The molecule has 6 heteroatoms. The van der Waals surface area contributed by atoms with Gasteiger partial charge in [-0.2, -0.15) is 4.98 Å². The molecule has 0 amide bonds. The highest BCUT2D eigenvalue weighted by Crippen LogP contribution is 2.39. The van der Waals surface area contributed by atoms with Crippen LogP contribution in [0, 0.1) is 18.3 Å². The van der Waals surface area contributed by atoms with Gasteiger partial charge in [-0.05, 0) is 19.3 Å². The summed E-state index contributed by atoms with van der Waals surface area (Å²) in [5.41, 5.74) is 0.0876. The molecule has 1 aromatic rings. The summed E-state index contributed by atoms with van der Waals surface area (Å²) in [6.45, 7) is 6.87. The minimum atomic E-state index is -0.741. The number of aromatic nitrogens is 2. The zero-order valence-electron chi connectivity index (χ0n) is 12.4. The number of rotatable bonds is 4. The van der Waals surface area contributed by atoms with Crippen molar-refractivity contribution >= 4 is 11.9 Å². The van der Waals surface area contributed by atoms with E-state index in [1.165, 1.54) is 0 Å². The van der Waals surface area contributed by atoms with Crippen LogP contribution in [-0.4, -0.2) is 41.2 Å². The highest BCUT2D eigenvalue weighted by atomic mass is 16.5. The Balaban J connectivity index is 2.29. The van der Waals surface area contributed by atoms with E-state index in [1.807, 2.05) is 25.7 Å². The average molecular weight is 279 g/mol. The van der Waals surface area contributed by atoms with E-state index in [1.54, 1.807) is 13.2 Å². The van der Waals surface area contributed by atoms with Crippen molar-refractivity contribution in [2.24, 2.45) is 11.3 Å². The summed E-state index contributed by atoms with van der Waals surface area (Å²) in [6.07, 6.45) is 0.611. The molecule has 2 rings (SSSR count). The molecule has 1 saturated heterocycles. The Labute approximate surface area is 118 Å². The number of carboxylic acids is 1. The maximum Gasteiger partial charge on any atom is 0.311 e. The fourth-order valence-corrected chi connectivity index (χ4v) is 2.67. The Bertz CT molecular complexity index is 518. The predicted octanol–water partition coefficient (Wildman–Crippen LogP) is 1.73. The van der Waals surface area contributed by atoms with Crippen LogP contribution in [0.15, 0.2) is 6.07 Å². The molecule has 1 aliphatic heterocycles. The Hall–Kier alpha value is -1.85. The van der Waals surface area contributed by atoms with Gasteiger partial charge in [-0.15, -0.1) is 0 Å². The van der Waals surface area contributed by atoms with Gasteiger partial charge in [-0.25, -0.2) is 4.98 Å². The van der Waals surface area contributed by atoms with Crippen molar-refractivity contribution < 1.29 is 14.6 Å². The van der Waals surface area contributed by atoms with Gasteiger partial charge < -0.3 is 14.7 Å². The lowest BCUT2D eigenvalue weighted by Crippen LogP contribution is -2.39. The molecule has 1 atom stereocenters. The fraction of sp³-hybridized carbons (Fsp3) is 0.643. The Morgan fingerprint density at radius 1 is 1.50 bits per heavy atom. The molecule has 1 aliphatic rings. The molecule has 0 aromatic carbocycles. The first-order chi connectivity index (χ1) is 9.39. The summed E-state index contributed by atoms with van der Waals surface area (Å²) in [5, 5.41) is 9.56. The topological polar surface area (TPSA) is 75.5 Å². The molecule has 1 aromatic heterocycles. The lowest BCUT2D eigenvalue weighted by atomic mass is 9.76. The Kier molecular flexibility index (Phi) is 3.83. The standard InChI is InChI=1S/C14H21N3O3/c1-9(2)14(12(18)19)5-6-17(8-14)13-15-10(3)7-11(16-13)20-4/h7,9H,5-6,8H2,1-4H3,(H,18,19). The van der Waals surface area contributed by atoms with Gasteiger partial charge in [0.05, 0.1) is 12.5 Å². The highest BCUT2D eigenvalue weighted by molar-refractivity contribution is 5.77. The van der Waals surface area contributed by atoms with Crippen molar-refractivity contribution in [2.45, 2.75) is 27.2 Å². The Morgan fingerprint density at radius 2 is 2.20 bits per heavy atom. The second-order valence-electron chi connectivity index (χ2n) is 5.64. The Morgan fingerprint density at radius 3 is 2.70 bits per heavy atom. The van der Waals surface area contributed by atoms with Crippen LogP contribution in [0.1, 0.15) is 26.0 Å². The van der Waals surface area contributed by atoms with Crippen molar-refractivity contribution in [2.75, 3.05) is 25.1 Å². The van der Waals surface area contributed by atoms with Gasteiger partial charge in [-0.3, -0.25) is 4.79 Å². The minimum Gasteiger partial charge on any atom is -0.481 e. The molecule has 0 bridgehead atoms. The van der Waals surface area contributed by atoms with E-state index in [9.17, 15) is 9.90 Å². The molecule has 0 aliphatic carbocycles. The van der Waals surface area contributed by atoms with E-state index in [2.05, 4.69) is 9.97 Å². The van der Waals surface area contributed by atoms with Crippen LogP contribution in [0.2, 0.25) is 0 Å². The van der Waals surface area contributed by atoms with E-state index in [0.717, 1.165) is 5.69 Å². The van der Waals surface area contributed by atoms with Gasteiger partial charge in [0.25, 0.3) is 0 Å². The summed E-state index contributed by atoms with van der Waals surface area (Å²) in [7, 11) is 1.56. The van der Waals surface area contributed by atoms with Gasteiger partial charge in [0.1, 0.15) is 0 Å². The molecule has 6 nitrogen and oxygen atoms in total. The lowest BCUT2D eigenvalue weighted by molar-refractivity contribution is -0.150. The average Bonchev–Trinajstić information content (AvgIpc) is 2.84. The number of ether oxygens (including phenoxy) is 1. The number of hydrogen-bond acceptors (Lipinski definition) is 5. The molecule has 20 heavy (non-hydrogen) atoms. The molecule has 110 valence electrons. The molecule has 1 fully saturated rings. The molecule has 1 N–H and O–H groups in total. The number of carbonyl (C=O) groups is 1. The largest absolute Gasteiger partial charge is 0.481 e. The quantitative estimate of drug-likeness (QED) is 0.904. The first-order valence-corrected chi connectivity index (χ1v) is 6.77. The molecule has 0 saturated carbocycles. The third-order valence-electron chi connectivity index (χ3n) is 4.14. The number of carboxylic acid groups (broad SMARTS) is 1. The van der Waals surface area contributed by atoms with Gasteiger partial charge in [0.15, 0.2) is 0 Å². The van der Waals surface area contributed by atoms with Gasteiger partial charge >= 0.3 is 5.97 Å². The first-order valence-electron chi connectivity index (χ1n) is 6.77. The van der Waals surface area contributed by atoms with Crippen LogP contribution < -0.4 is 9.64 Å². The molecular weight excluding hydrogens is 258 g/mol. The second kappa shape index (κ2) is 5.26. The van der Waals surface area contributed by atoms with Gasteiger partial charge in [0, 0.05) is 24.8 Å². The molecule has 0 spiro atoms. The SMILES string of the molecule is COc1cc(C)nc(N2CCC(C(=O)O)(C(C)C)C2)n1. The summed E-state index contributed by atoms with van der Waals surface area (Å²) in [4.78, 5) is 22.3.